The zero-order valence-electron chi connectivity index (χ0n) is 19.8. The number of nitrogens with one attached hydrogen (secondary N) is 2. The van der Waals surface area contributed by atoms with E-state index in [1.807, 2.05) is 36.4 Å². The van der Waals surface area contributed by atoms with E-state index in [1.165, 1.54) is 13.0 Å². The van der Waals surface area contributed by atoms with Crippen LogP contribution in [0.4, 0.5) is 0 Å². The van der Waals surface area contributed by atoms with Crippen molar-refractivity contribution in [2.24, 2.45) is 5.73 Å². The predicted molar refractivity (Wildman–Crippen MR) is 131 cm³/mol. The Hall–Kier alpha value is -4.00. The summed E-state index contributed by atoms with van der Waals surface area (Å²) in [5.41, 5.74) is 7.39. The number of ether oxygens (including phenoxy) is 2. The van der Waals surface area contributed by atoms with Crippen LogP contribution in [0, 0.1) is 11.3 Å². The lowest BCUT2D eigenvalue weighted by atomic mass is 10.0. The summed E-state index contributed by atoms with van der Waals surface area (Å²) in [4.78, 5) is 37.4. The van der Waals surface area contributed by atoms with Crippen molar-refractivity contribution in [2.45, 2.75) is 38.1 Å². The molecule has 2 amide bonds. The summed E-state index contributed by atoms with van der Waals surface area (Å²) >= 11 is 0. The van der Waals surface area contributed by atoms with E-state index in [4.69, 9.17) is 20.5 Å². The number of nitrogens with two attached hydrogens (primary N) is 1. The fourth-order valence-electron chi connectivity index (χ4n) is 3.13. The van der Waals surface area contributed by atoms with Crippen LogP contribution in [0.15, 0.2) is 60.7 Å². The minimum atomic E-state index is -1.06. The minimum Gasteiger partial charge on any atom is -0.497 e. The third kappa shape index (κ3) is 9.80. The number of hydrogen-bond donors (Lipinski definition) is 3. The third-order valence-electron chi connectivity index (χ3n) is 4.96. The van der Waals surface area contributed by atoms with E-state index >= 15 is 0 Å². The van der Waals surface area contributed by atoms with E-state index in [0.29, 0.717) is 5.75 Å². The topological polar surface area (TPSA) is 144 Å². The number of methoxy groups -OCH3 is 1. The van der Waals surface area contributed by atoms with Crippen molar-refractivity contribution in [3.05, 3.63) is 71.8 Å². The number of amides is 2. The van der Waals surface area contributed by atoms with E-state index in [9.17, 15) is 14.4 Å². The number of benzene rings is 2. The average Bonchev–Trinajstić information content (AvgIpc) is 2.86. The number of carbonyl (C=O) groups is 3. The van der Waals surface area contributed by atoms with Crippen LogP contribution in [0.25, 0.3) is 6.08 Å². The van der Waals surface area contributed by atoms with Crippen molar-refractivity contribution in [2.75, 3.05) is 13.7 Å². The van der Waals surface area contributed by atoms with Gasteiger partial charge in [0.15, 0.2) is 5.78 Å². The first-order valence-corrected chi connectivity index (χ1v) is 11.0. The van der Waals surface area contributed by atoms with E-state index in [-0.39, 0.29) is 19.6 Å². The lowest BCUT2D eigenvalue weighted by molar-refractivity contribution is -0.131. The van der Waals surface area contributed by atoms with Crippen LogP contribution in [-0.2, 0) is 25.7 Å². The molecule has 0 aliphatic rings. The van der Waals surface area contributed by atoms with Crippen LogP contribution in [0.2, 0.25) is 0 Å². The summed E-state index contributed by atoms with van der Waals surface area (Å²) in [6, 6.07) is 15.2. The lowest BCUT2D eigenvalue weighted by Gasteiger charge is -2.22. The Bertz CT molecular complexity index is 1050. The Morgan fingerprint density at radius 2 is 1.74 bits per heavy atom. The van der Waals surface area contributed by atoms with Crippen molar-refractivity contribution < 1.29 is 23.9 Å². The number of hydrogen-bond acceptors (Lipinski definition) is 7. The van der Waals surface area contributed by atoms with Crippen LogP contribution in [0.3, 0.4) is 0 Å². The Kier molecular flexibility index (Phi) is 11.1. The number of rotatable bonds is 13. The van der Waals surface area contributed by atoms with Crippen LogP contribution in [0.5, 0.6) is 5.75 Å². The molecule has 0 heterocycles. The van der Waals surface area contributed by atoms with Gasteiger partial charge in [0.25, 0.3) is 0 Å². The summed E-state index contributed by atoms with van der Waals surface area (Å²) in [5.74, 6) is -0.803. The molecule has 0 spiro atoms. The minimum absolute atomic E-state index is 0.0916. The predicted octanol–water partition coefficient (Wildman–Crippen LogP) is 1.72. The zero-order valence-corrected chi connectivity index (χ0v) is 19.8. The highest BCUT2D eigenvalue weighted by Crippen LogP contribution is 2.13. The van der Waals surface area contributed by atoms with Crippen molar-refractivity contribution in [3.63, 3.8) is 0 Å². The number of nitriles is 1. The second-order valence-corrected chi connectivity index (χ2v) is 7.80. The standard InChI is InChI=1S/C26H30N4O5/c1-18(31)29-24(17-35-16-20-6-4-3-5-7-20)26(33)30-23(14-21(28)15-27)25(32)13-10-19-8-11-22(34-2)12-9-19/h3-13,21,23-24H,14,16-17,28H2,1-2H3,(H,29,31)(H,30,33)/b13-10+/t21?,23?,24-/m1/s1. The van der Waals surface area contributed by atoms with Gasteiger partial charge in [0.1, 0.15) is 11.8 Å². The lowest BCUT2D eigenvalue weighted by Crippen LogP contribution is -2.53. The molecule has 9 nitrogen and oxygen atoms in total. The first-order valence-electron chi connectivity index (χ1n) is 11.0. The van der Waals surface area contributed by atoms with Crippen molar-refractivity contribution in [1.29, 1.82) is 5.26 Å². The normalized spacial score (nSPS) is 13.3. The monoisotopic (exact) mass is 478 g/mol. The molecule has 0 radical (unpaired) electrons. The molecule has 0 aromatic heterocycles. The maximum Gasteiger partial charge on any atom is 0.245 e. The van der Waals surface area contributed by atoms with Crippen LogP contribution >= 0.6 is 0 Å². The number of ketones is 1. The van der Waals surface area contributed by atoms with Gasteiger partial charge in [-0.25, -0.2) is 0 Å². The first kappa shape index (κ1) is 27.2. The Labute approximate surface area is 204 Å². The van der Waals surface area contributed by atoms with Crippen LogP contribution in [0.1, 0.15) is 24.5 Å². The molecule has 0 aliphatic carbocycles. The van der Waals surface area contributed by atoms with E-state index in [2.05, 4.69) is 10.6 Å². The molecule has 0 aliphatic heterocycles. The molecule has 2 unspecified atom stereocenters. The highest BCUT2D eigenvalue weighted by molar-refractivity contribution is 6.00. The van der Waals surface area contributed by atoms with Crippen molar-refractivity contribution in [1.82, 2.24) is 10.6 Å². The second kappa shape index (κ2) is 14.3. The molecule has 2 aromatic carbocycles. The Balaban J connectivity index is 2.08. The molecule has 2 rings (SSSR count). The largest absolute Gasteiger partial charge is 0.497 e. The highest BCUT2D eigenvalue weighted by Gasteiger charge is 2.27. The molecule has 9 heteroatoms. The summed E-state index contributed by atoms with van der Waals surface area (Å²) in [6.07, 6.45) is 2.81. The molecule has 0 saturated heterocycles. The molecule has 3 atom stereocenters. The van der Waals surface area contributed by atoms with Crippen LogP contribution in [-0.4, -0.2) is 49.4 Å². The van der Waals surface area contributed by atoms with Gasteiger partial charge in [-0.15, -0.1) is 0 Å². The Morgan fingerprint density at radius 1 is 1.06 bits per heavy atom. The molecule has 4 N–H and O–H groups in total. The van der Waals surface area contributed by atoms with Gasteiger partial charge >= 0.3 is 0 Å². The number of nitrogens with zero attached hydrogens (tertiary/aromatic N) is 1. The van der Waals surface area contributed by atoms with Gasteiger partial charge in [0.2, 0.25) is 11.8 Å². The molecule has 184 valence electrons. The summed E-state index contributed by atoms with van der Waals surface area (Å²) in [6.45, 7) is 1.42. The maximum absolute atomic E-state index is 12.9. The second-order valence-electron chi connectivity index (χ2n) is 7.80. The third-order valence-corrected chi connectivity index (χ3v) is 4.96. The number of carbonyl (C=O) groups excluding carboxylic acids is 3. The van der Waals surface area contributed by atoms with E-state index in [0.717, 1.165) is 11.1 Å². The summed E-state index contributed by atoms with van der Waals surface area (Å²) in [5, 5.41) is 14.2. The zero-order chi connectivity index (χ0) is 25.6. The summed E-state index contributed by atoms with van der Waals surface area (Å²) < 4.78 is 10.7. The van der Waals surface area contributed by atoms with Crippen molar-refractivity contribution in [3.8, 4) is 11.8 Å². The Morgan fingerprint density at radius 3 is 2.34 bits per heavy atom. The molecular weight excluding hydrogens is 448 g/mol. The van der Waals surface area contributed by atoms with Gasteiger partial charge < -0.3 is 25.8 Å². The molecule has 0 fully saturated rings. The van der Waals surface area contributed by atoms with Gasteiger partial charge in [-0.3, -0.25) is 14.4 Å². The van der Waals surface area contributed by atoms with Crippen molar-refractivity contribution >= 4 is 23.7 Å². The molecule has 2 aromatic rings. The average molecular weight is 479 g/mol. The quantitative estimate of drug-likeness (QED) is 0.372. The van der Waals surface area contributed by atoms with Gasteiger partial charge in [-0.1, -0.05) is 48.5 Å². The summed E-state index contributed by atoms with van der Waals surface area (Å²) in [7, 11) is 1.56. The van der Waals surface area contributed by atoms with Gasteiger partial charge in [-0.2, -0.15) is 5.26 Å². The highest BCUT2D eigenvalue weighted by atomic mass is 16.5. The smallest absolute Gasteiger partial charge is 0.245 e. The van der Waals surface area contributed by atoms with Gasteiger partial charge in [0, 0.05) is 13.3 Å². The molecule has 0 bridgehead atoms. The molecule has 0 saturated carbocycles. The first-order chi connectivity index (χ1) is 16.8. The maximum atomic E-state index is 12.9. The van der Waals surface area contributed by atoms with E-state index < -0.39 is 35.7 Å². The van der Waals surface area contributed by atoms with E-state index in [1.54, 1.807) is 37.5 Å². The molecular formula is C26H30N4O5. The van der Waals surface area contributed by atoms with Gasteiger partial charge in [0.05, 0.1) is 38.5 Å². The molecule has 35 heavy (non-hydrogen) atoms. The van der Waals surface area contributed by atoms with Gasteiger partial charge in [-0.05, 0) is 29.3 Å². The van der Waals surface area contributed by atoms with Crippen LogP contribution < -0.4 is 21.1 Å². The SMILES string of the molecule is COc1ccc(/C=C/C(=O)C(CC(N)C#N)NC(=O)[C@@H](COCc2ccccc2)NC(C)=O)cc1. The fourth-order valence-corrected chi connectivity index (χ4v) is 3.13. The fraction of sp³-hybridized carbons (Fsp3) is 0.308.